The highest BCUT2D eigenvalue weighted by molar-refractivity contribution is 5.55. The maximum atomic E-state index is 13.6. The van der Waals surface area contributed by atoms with Crippen LogP contribution in [0.15, 0.2) is 6.20 Å². The van der Waals surface area contributed by atoms with Crippen molar-refractivity contribution in [3.63, 3.8) is 0 Å². The van der Waals surface area contributed by atoms with Crippen LogP contribution < -0.4 is 0 Å². The number of hydrogen-bond acceptors (Lipinski definition) is 1. The van der Waals surface area contributed by atoms with Gasteiger partial charge in [0.2, 0.25) is 0 Å². The highest BCUT2D eigenvalue weighted by Crippen LogP contribution is 2.94. The van der Waals surface area contributed by atoms with E-state index >= 15 is 0 Å². The van der Waals surface area contributed by atoms with Crippen LogP contribution in [-0.4, -0.2) is 10.2 Å². The van der Waals surface area contributed by atoms with E-state index in [0.717, 1.165) is 5.56 Å². The number of hydrogen-bond donors (Lipinski definition) is 1. The molecule has 2 nitrogen and oxygen atoms in total. The summed E-state index contributed by atoms with van der Waals surface area (Å²) in [4.78, 5) is 0. The molecule has 3 aliphatic carbocycles. The van der Waals surface area contributed by atoms with Gasteiger partial charge in [0, 0.05) is 11.5 Å². The van der Waals surface area contributed by atoms with Crippen LogP contribution in [0.3, 0.4) is 0 Å². The minimum absolute atomic E-state index is 0.0845. The van der Waals surface area contributed by atoms with Gasteiger partial charge in [0.25, 0.3) is 5.92 Å². The van der Waals surface area contributed by atoms with Gasteiger partial charge in [-0.05, 0) is 12.3 Å². The molecule has 1 aromatic rings. The number of rotatable bonds is 0. The summed E-state index contributed by atoms with van der Waals surface area (Å²) in [7, 11) is 0. The lowest BCUT2D eigenvalue weighted by Crippen LogP contribution is -2.18. The van der Waals surface area contributed by atoms with E-state index in [-0.39, 0.29) is 17.5 Å². The zero-order chi connectivity index (χ0) is 8.14. The van der Waals surface area contributed by atoms with Gasteiger partial charge >= 0.3 is 0 Å². The minimum Gasteiger partial charge on any atom is -0.276 e. The Labute approximate surface area is 67.0 Å². The molecule has 3 atom stereocenters. The van der Waals surface area contributed by atoms with Crippen molar-refractivity contribution in [1.29, 1.82) is 0 Å². The van der Waals surface area contributed by atoms with Gasteiger partial charge in [-0.2, -0.15) is 13.9 Å². The first-order valence-corrected chi connectivity index (χ1v) is 4.11. The van der Waals surface area contributed by atoms with E-state index in [1.54, 1.807) is 6.20 Å². The number of halogens is 2. The monoisotopic (exact) mass is 168 g/mol. The lowest BCUT2D eigenvalue weighted by Gasteiger charge is -2.12. The van der Waals surface area contributed by atoms with E-state index < -0.39 is 11.3 Å². The van der Waals surface area contributed by atoms with Crippen molar-refractivity contribution in [2.45, 2.75) is 18.3 Å². The van der Waals surface area contributed by atoms with Crippen LogP contribution in [0.25, 0.3) is 0 Å². The Kier molecular flexibility index (Phi) is 0.534. The predicted molar refractivity (Wildman–Crippen MR) is 35.8 cm³/mol. The van der Waals surface area contributed by atoms with E-state index in [1.165, 1.54) is 0 Å². The van der Waals surface area contributed by atoms with Gasteiger partial charge in [0.05, 0.1) is 11.6 Å². The smallest absolute Gasteiger partial charge is 0.276 e. The van der Waals surface area contributed by atoms with Crippen LogP contribution in [0.2, 0.25) is 0 Å². The molecule has 1 N–H and O–H groups in total. The van der Waals surface area contributed by atoms with Gasteiger partial charge in [0.1, 0.15) is 5.69 Å². The SMILES string of the molecule is FC1(F)c2[nH]ncc2C2[C@H]3CC231. The third-order valence-electron chi connectivity index (χ3n) is 3.81. The van der Waals surface area contributed by atoms with Crippen molar-refractivity contribution >= 4 is 0 Å². The molecule has 2 unspecified atom stereocenters. The number of alkyl halides is 2. The van der Waals surface area contributed by atoms with E-state index in [9.17, 15) is 8.78 Å². The summed E-state index contributed by atoms with van der Waals surface area (Å²) >= 11 is 0. The predicted octanol–water partition coefficient (Wildman–Crippen LogP) is 1.62. The topological polar surface area (TPSA) is 28.7 Å². The zero-order valence-electron chi connectivity index (χ0n) is 6.14. The highest BCUT2D eigenvalue weighted by atomic mass is 19.3. The van der Waals surface area contributed by atoms with Crippen molar-refractivity contribution in [2.24, 2.45) is 11.3 Å². The summed E-state index contributed by atoms with van der Waals surface area (Å²) in [6.45, 7) is 0. The lowest BCUT2D eigenvalue weighted by atomic mass is 10.1. The summed E-state index contributed by atoms with van der Waals surface area (Å²) in [6, 6.07) is 0. The van der Waals surface area contributed by atoms with Gasteiger partial charge in [-0.15, -0.1) is 0 Å². The van der Waals surface area contributed by atoms with Gasteiger partial charge in [-0.1, -0.05) is 0 Å². The number of H-pyrrole nitrogens is 1. The molecule has 3 aliphatic rings. The third kappa shape index (κ3) is 0.291. The fraction of sp³-hybridized carbons (Fsp3) is 0.625. The van der Waals surface area contributed by atoms with Crippen molar-refractivity contribution in [3.8, 4) is 0 Å². The molecule has 0 saturated heterocycles. The summed E-state index contributed by atoms with van der Waals surface area (Å²) in [6.07, 6.45) is 2.28. The second kappa shape index (κ2) is 1.13. The first-order chi connectivity index (χ1) is 5.69. The standard InChI is InChI=1S/C8H6F2N2/c9-8(10)6-3(2-11-12-6)5-4-1-7(4,5)8/h2,4-5H,1H2,(H,11,12)/t4-,5?,7?/m1/s1. The fourth-order valence-electron chi connectivity index (χ4n) is 2.97. The first kappa shape index (κ1) is 5.67. The molecular weight excluding hydrogens is 162 g/mol. The number of fused-ring (bicyclic) bond motifs is 3. The summed E-state index contributed by atoms with van der Waals surface area (Å²) in [5.41, 5.74) is 0.217. The van der Waals surface area contributed by atoms with E-state index in [1.807, 2.05) is 0 Å². The zero-order valence-corrected chi connectivity index (χ0v) is 6.14. The molecule has 1 heterocycles. The first-order valence-electron chi connectivity index (χ1n) is 4.11. The molecule has 0 aliphatic heterocycles. The van der Waals surface area contributed by atoms with Crippen LogP contribution in [0.1, 0.15) is 23.6 Å². The van der Waals surface area contributed by atoms with Crippen LogP contribution >= 0.6 is 0 Å². The quantitative estimate of drug-likeness (QED) is 0.626. The van der Waals surface area contributed by atoms with Gasteiger partial charge in [-0.3, -0.25) is 5.10 Å². The third-order valence-corrected chi connectivity index (χ3v) is 3.81. The Hall–Kier alpha value is -0.930. The van der Waals surface area contributed by atoms with E-state index in [0.29, 0.717) is 6.42 Å². The molecule has 0 bridgehead atoms. The van der Waals surface area contributed by atoms with Crippen LogP contribution in [0, 0.1) is 11.3 Å². The molecule has 1 spiro atoms. The minimum atomic E-state index is -2.62. The Morgan fingerprint density at radius 2 is 2.42 bits per heavy atom. The number of aromatic amines is 1. The van der Waals surface area contributed by atoms with Crippen LogP contribution in [0.4, 0.5) is 8.78 Å². The van der Waals surface area contributed by atoms with Crippen molar-refractivity contribution in [2.75, 3.05) is 0 Å². The second-order valence-electron chi connectivity index (χ2n) is 4.10. The maximum absolute atomic E-state index is 13.6. The summed E-state index contributed by atoms with van der Waals surface area (Å²) in [5, 5.41) is 6.08. The summed E-state index contributed by atoms with van der Waals surface area (Å²) in [5.74, 6) is -2.20. The van der Waals surface area contributed by atoms with Gasteiger partial charge in [0.15, 0.2) is 0 Å². The molecule has 4 rings (SSSR count). The molecule has 2 fully saturated rings. The van der Waals surface area contributed by atoms with Crippen molar-refractivity contribution in [3.05, 3.63) is 17.5 Å². The normalized spacial score (nSPS) is 49.5. The van der Waals surface area contributed by atoms with Crippen LogP contribution in [0.5, 0.6) is 0 Å². The Balaban J connectivity index is 2.07. The van der Waals surface area contributed by atoms with Crippen molar-refractivity contribution in [1.82, 2.24) is 10.2 Å². The maximum Gasteiger partial charge on any atom is 0.295 e. The fourth-order valence-corrected chi connectivity index (χ4v) is 2.97. The molecule has 1 aromatic heterocycles. The number of nitrogens with zero attached hydrogens (tertiary/aromatic N) is 1. The molecule has 2 saturated carbocycles. The molecule has 4 heteroatoms. The Morgan fingerprint density at radius 1 is 1.58 bits per heavy atom. The second-order valence-corrected chi connectivity index (χ2v) is 4.10. The lowest BCUT2D eigenvalue weighted by molar-refractivity contribution is -0.0514. The highest BCUT2D eigenvalue weighted by Gasteiger charge is 2.93. The van der Waals surface area contributed by atoms with Crippen molar-refractivity contribution < 1.29 is 8.78 Å². The van der Waals surface area contributed by atoms with Crippen LogP contribution in [-0.2, 0) is 5.92 Å². The number of aromatic nitrogens is 2. The molecule has 0 aromatic carbocycles. The van der Waals surface area contributed by atoms with E-state index in [4.69, 9.17) is 0 Å². The van der Waals surface area contributed by atoms with E-state index in [2.05, 4.69) is 10.2 Å². The molecule has 0 radical (unpaired) electrons. The molecule has 62 valence electrons. The summed E-state index contributed by atoms with van der Waals surface area (Å²) < 4.78 is 27.1. The largest absolute Gasteiger partial charge is 0.295 e. The Bertz CT molecular complexity index is 398. The molecular formula is C8H6F2N2. The average molecular weight is 168 g/mol. The molecule has 0 amide bonds. The average Bonchev–Trinajstić information content (AvgIpc) is 2.77. The van der Waals surface area contributed by atoms with Gasteiger partial charge in [-0.25, -0.2) is 0 Å². The molecule has 12 heavy (non-hydrogen) atoms. The number of nitrogens with one attached hydrogen (secondary N) is 1. The Morgan fingerprint density at radius 3 is 3.17 bits per heavy atom. The van der Waals surface area contributed by atoms with Gasteiger partial charge < -0.3 is 0 Å².